The first kappa shape index (κ1) is 15.4. The third-order valence-corrected chi connectivity index (χ3v) is 2.83. The molecule has 0 fully saturated rings. The van der Waals surface area contributed by atoms with Crippen LogP contribution in [-0.4, -0.2) is 54.3 Å². The minimum atomic E-state index is 0.250. The van der Waals surface area contributed by atoms with Crippen LogP contribution in [0.2, 0.25) is 0 Å². The standard InChI is InChI=1S/C13H22N4O2/c1-19-11-10-17(9-6-13(14)16-18)8-5-12-4-2-3-7-15-12/h2-4,7,18H,5-6,8-11H2,1H3,(H2,14,16). The van der Waals surface area contributed by atoms with Gasteiger partial charge in [0.1, 0.15) is 5.84 Å². The molecule has 0 atom stereocenters. The maximum Gasteiger partial charge on any atom is 0.140 e. The maximum absolute atomic E-state index is 8.54. The van der Waals surface area contributed by atoms with Crippen LogP contribution in [0.3, 0.4) is 0 Å². The van der Waals surface area contributed by atoms with Crippen molar-refractivity contribution in [3.05, 3.63) is 30.1 Å². The van der Waals surface area contributed by atoms with Crippen LogP contribution in [0.5, 0.6) is 0 Å². The van der Waals surface area contributed by atoms with E-state index in [4.69, 9.17) is 15.7 Å². The molecule has 0 aliphatic carbocycles. The fourth-order valence-electron chi connectivity index (χ4n) is 1.70. The number of hydrogen-bond donors (Lipinski definition) is 2. The lowest BCUT2D eigenvalue weighted by Gasteiger charge is -2.21. The minimum absolute atomic E-state index is 0.250. The van der Waals surface area contributed by atoms with Crippen molar-refractivity contribution in [1.29, 1.82) is 0 Å². The first-order valence-electron chi connectivity index (χ1n) is 6.34. The number of aromatic nitrogens is 1. The second-order valence-corrected chi connectivity index (χ2v) is 4.25. The van der Waals surface area contributed by atoms with E-state index in [0.29, 0.717) is 13.0 Å². The number of ether oxygens (including phenoxy) is 1. The Bertz CT molecular complexity index is 370. The molecular weight excluding hydrogens is 244 g/mol. The molecule has 0 bridgehead atoms. The Hall–Kier alpha value is -1.66. The van der Waals surface area contributed by atoms with Gasteiger partial charge < -0.3 is 20.6 Å². The highest BCUT2D eigenvalue weighted by Crippen LogP contribution is 1.99. The highest BCUT2D eigenvalue weighted by Gasteiger charge is 2.06. The Balaban J connectivity index is 2.40. The molecule has 3 N–H and O–H groups in total. The molecule has 1 aromatic heterocycles. The van der Waals surface area contributed by atoms with E-state index in [1.54, 1.807) is 13.3 Å². The van der Waals surface area contributed by atoms with Gasteiger partial charge in [0, 0.05) is 51.5 Å². The van der Waals surface area contributed by atoms with Gasteiger partial charge in [0.2, 0.25) is 0 Å². The predicted molar refractivity (Wildman–Crippen MR) is 74.3 cm³/mol. The third kappa shape index (κ3) is 6.73. The summed E-state index contributed by atoms with van der Waals surface area (Å²) >= 11 is 0. The quantitative estimate of drug-likeness (QED) is 0.298. The third-order valence-electron chi connectivity index (χ3n) is 2.83. The van der Waals surface area contributed by atoms with E-state index in [2.05, 4.69) is 15.0 Å². The van der Waals surface area contributed by atoms with Gasteiger partial charge in [-0.2, -0.15) is 0 Å². The van der Waals surface area contributed by atoms with Crippen molar-refractivity contribution < 1.29 is 9.94 Å². The zero-order chi connectivity index (χ0) is 13.9. The lowest BCUT2D eigenvalue weighted by molar-refractivity contribution is 0.149. The summed E-state index contributed by atoms with van der Waals surface area (Å²) < 4.78 is 5.09. The molecular formula is C13H22N4O2. The van der Waals surface area contributed by atoms with Crippen molar-refractivity contribution in [1.82, 2.24) is 9.88 Å². The molecule has 0 aliphatic rings. The summed E-state index contributed by atoms with van der Waals surface area (Å²) in [5.74, 6) is 0.250. The summed E-state index contributed by atoms with van der Waals surface area (Å²) in [4.78, 5) is 6.51. The Morgan fingerprint density at radius 1 is 1.42 bits per heavy atom. The molecule has 1 heterocycles. The Labute approximate surface area is 113 Å². The van der Waals surface area contributed by atoms with Crippen LogP contribution in [0.1, 0.15) is 12.1 Å². The van der Waals surface area contributed by atoms with Crippen molar-refractivity contribution in [3.8, 4) is 0 Å². The van der Waals surface area contributed by atoms with Gasteiger partial charge in [0.15, 0.2) is 0 Å². The molecule has 0 aromatic carbocycles. The highest BCUT2D eigenvalue weighted by molar-refractivity contribution is 5.79. The Morgan fingerprint density at radius 3 is 2.89 bits per heavy atom. The van der Waals surface area contributed by atoms with Crippen LogP contribution in [0.4, 0.5) is 0 Å². The number of oxime groups is 1. The molecule has 0 saturated heterocycles. The van der Waals surface area contributed by atoms with Crippen molar-refractivity contribution >= 4 is 5.84 Å². The molecule has 1 aromatic rings. The molecule has 0 amide bonds. The highest BCUT2D eigenvalue weighted by atomic mass is 16.5. The monoisotopic (exact) mass is 266 g/mol. The Kier molecular flexibility index (Phi) is 7.53. The topological polar surface area (TPSA) is 84.0 Å². The molecule has 0 spiro atoms. The summed E-state index contributed by atoms with van der Waals surface area (Å²) in [6.45, 7) is 3.10. The van der Waals surface area contributed by atoms with E-state index in [1.165, 1.54) is 0 Å². The summed E-state index contributed by atoms with van der Waals surface area (Å²) in [6, 6.07) is 5.90. The molecule has 0 unspecified atom stereocenters. The van der Waals surface area contributed by atoms with Crippen LogP contribution in [0.25, 0.3) is 0 Å². The van der Waals surface area contributed by atoms with Crippen LogP contribution in [-0.2, 0) is 11.2 Å². The fourth-order valence-corrected chi connectivity index (χ4v) is 1.70. The van der Waals surface area contributed by atoms with Crippen molar-refractivity contribution in [2.24, 2.45) is 10.9 Å². The number of hydrogen-bond acceptors (Lipinski definition) is 5. The predicted octanol–water partition coefficient (Wildman–Crippen LogP) is 0.709. The molecule has 0 saturated carbocycles. The first-order valence-corrected chi connectivity index (χ1v) is 6.34. The summed E-state index contributed by atoms with van der Waals surface area (Å²) in [7, 11) is 1.68. The summed E-state index contributed by atoms with van der Waals surface area (Å²) in [5, 5.41) is 11.5. The molecule has 6 heteroatoms. The van der Waals surface area contributed by atoms with Crippen LogP contribution in [0, 0.1) is 0 Å². The summed E-state index contributed by atoms with van der Waals surface area (Å²) in [5.41, 5.74) is 6.55. The molecule has 0 radical (unpaired) electrons. The van der Waals surface area contributed by atoms with E-state index in [1.807, 2.05) is 18.2 Å². The van der Waals surface area contributed by atoms with Gasteiger partial charge in [-0.05, 0) is 12.1 Å². The van der Waals surface area contributed by atoms with Gasteiger partial charge in [-0.3, -0.25) is 4.98 Å². The number of methoxy groups -OCH3 is 1. The largest absolute Gasteiger partial charge is 0.409 e. The van der Waals surface area contributed by atoms with Crippen LogP contribution in [0.15, 0.2) is 29.6 Å². The van der Waals surface area contributed by atoms with E-state index in [-0.39, 0.29) is 5.84 Å². The van der Waals surface area contributed by atoms with E-state index < -0.39 is 0 Å². The van der Waals surface area contributed by atoms with E-state index in [0.717, 1.165) is 31.7 Å². The van der Waals surface area contributed by atoms with E-state index >= 15 is 0 Å². The number of rotatable bonds is 9. The number of nitrogens with zero attached hydrogens (tertiary/aromatic N) is 3. The van der Waals surface area contributed by atoms with Crippen molar-refractivity contribution in [2.75, 3.05) is 33.4 Å². The first-order chi connectivity index (χ1) is 9.26. The molecule has 0 aliphatic heterocycles. The zero-order valence-corrected chi connectivity index (χ0v) is 11.3. The molecule has 1 rings (SSSR count). The molecule has 19 heavy (non-hydrogen) atoms. The maximum atomic E-state index is 8.54. The summed E-state index contributed by atoms with van der Waals surface area (Å²) in [6.07, 6.45) is 3.22. The van der Waals surface area contributed by atoms with Crippen molar-refractivity contribution in [3.63, 3.8) is 0 Å². The Morgan fingerprint density at radius 2 is 2.26 bits per heavy atom. The smallest absolute Gasteiger partial charge is 0.140 e. The number of amidine groups is 1. The van der Waals surface area contributed by atoms with Gasteiger partial charge in [-0.15, -0.1) is 0 Å². The van der Waals surface area contributed by atoms with Gasteiger partial charge >= 0.3 is 0 Å². The SMILES string of the molecule is COCCN(CCC(N)=NO)CCc1ccccn1. The van der Waals surface area contributed by atoms with Gasteiger partial charge in [0.05, 0.1) is 6.61 Å². The average molecular weight is 266 g/mol. The van der Waals surface area contributed by atoms with E-state index in [9.17, 15) is 0 Å². The molecule has 106 valence electrons. The number of pyridine rings is 1. The second-order valence-electron chi connectivity index (χ2n) is 4.25. The van der Waals surface area contributed by atoms with Gasteiger partial charge in [-0.1, -0.05) is 11.2 Å². The normalized spacial score (nSPS) is 12.0. The lowest BCUT2D eigenvalue weighted by Crippen LogP contribution is -2.33. The average Bonchev–Trinajstić information content (AvgIpc) is 2.47. The second kappa shape index (κ2) is 9.29. The molecule has 6 nitrogen and oxygen atoms in total. The lowest BCUT2D eigenvalue weighted by atomic mass is 10.2. The van der Waals surface area contributed by atoms with Gasteiger partial charge in [0.25, 0.3) is 0 Å². The number of nitrogens with two attached hydrogens (primary N) is 1. The van der Waals surface area contributed by atoms with Crippen LogP contribution >= 0.6 is 0 Å². The van der Waals surface area contributed by atoms with Gasteiger partial charge in [-0.25, -0.2) is 0 Å². The van der Waals surface area contributed by atoms with Crippen LogP contribution < -0.4 is 5.73 Å². The fraction of sp³-hybridized carbons (Fsp3) is 0.538. The van der Waals surface area contributed by atoms with Crippen molar-refractivity contribution in [2.45, 2.75) is 12.8 Å². The zero-order valence-electron chi connectivity index (χ0n) is 11.3. The minimum Gasteiger partial charge on any atom is -0.409 e.